The van der Waals surface area contributed by atoms with Gasteiger partial charge in [-0.15, -0.1) is 0 Å². The van der Waals surface area contributed by atoms with Crippen molar-refractivity contribution in [2.75, 3.05) is 18.6 Å². The van der Waals surface area contributed by atoms with Crippen molar-refractivity contribution >= 4 is 17.6 Å². The molecule has 5 nitrogen and oxygen atoms in total. The highest BCUT2D eigenvalue weighted by molar-refractivity contribution is 6.01. The normalized spacial score (nSPS) is 15.2. The van der Waals surface area contributed by atoms with Crippen LogP contribution in [0.15, 0.2) is 78.9 Å². The van der Waals surface area contributed by atoms with Gasteiger partial charge in [0.2, 0.25) is 0 Å². The van der Waals surface area contributed by atoms with Crippen LogP contribution in [-0.4, -0.2) is 31.6 Å². The molecule has 4 rings (SSSR count). The van der Waals surface area contributed by atoms with Crippen molar-refractivity contribution < 1.29 is 19.1 Å². The van der Waals surface area contributed by atoms with Crippen molar-refractivity contribution in [2.45, 2.75) is 25.4 Å². The maximum Gasteiger partial charge on any atom is 0.337 e. The van der Waals surface area contributed by atoms with Gasteiger partial charge in [0.25, 0.3) is 5.91 Å². The van der Waals surface area contributed by atoms with Crippen LogP contribution in [0.25, 0.3) is 0 Å². The topological polar surface area (TPSA) is 55.8 Å². The highest BCUT2D eigenvalue weighted by Crippen LogP contribution is 2.36. The molecule has 1 heterocycles. The van der Waals surface area contributed by atoms with Crippen molar-refractivity contribution in [3.63, 3.8) is 0 Å². The zero-order valence-electron chi connectivity index (χ0n) is 17.5. The van der Waals surface area contributed by atoms with Crippen molar-refractivity contribution in [1.29, 1.82) is 0 Å². The molecule has 1 atom stereocenters. The molecule has 1 aliphatic heterocycles. The van der Waals surface area contributed by atoms with E-state index in [0.717, 1.165) is 18.4 Å². The standard InChI is InChI=1S/C26H25NO4/c1-30-26(29)21-14-15-22-23(18-21)31-24(17-20-11-6-3-7-12-20)25(28)27(22)16-8-13-19-9-4-2-5-10-19/h2-7,9-12,14-15,18,24H,8,13,16-17H2,1H3. The fourth-order valence-electron chi connectivity index (χ4n) is 3.85. The second kappa shape index (κ2) is 9.47. The van der Waals surface area contributed by atoms with Crippen LogP contribution in [0.5, 0.6) is 5.75 Å². The Kier molecular flexibility index (Phi) is 6.32. The minimum atomic E-state index is -0.639. The molecule has 0 spiro atoms. The highest BCUT2D eigenvalue weighted by Gasteiger charge is 2.34. The smallest absolute Gasteiger partial charge is 0.337 e. The molecule has 0 bridgehead atoms. The molecular weight excluding hydrogens is 390 g/mol. The Morgan fingerprint density at radius 1 is 0.968 bits per heavy atom. The molecule has 31 heavy (non-hydrogen) atoms. The third-order valence-corrected chi connectivity index (χ3v) is 5.44. The van der Waals surface area contributed by atoms with Gasteiger partial charge in [-0.1, -0.05) is 60.7 Å². The van der Waals surface area contributed by atoms with E-state index in [2.05, 4.69) is 12.1 Å². The Labute approximate surface area is 182 Å². The summed E-state index contributed by atoms with van der Waals surface area (Å²) in [6.07, 6.45) is 1.53. The second-order valence-corrected chi connectivity index (χ2v) is 7.55. The summed E-state index contributed by atoms with van der Waals surface area (Å²) in [5, 5.41) is 0. The van der Waals surface area contributed by atoms with E-state index in [0.29, 0.717) is 30.0 Å². The number of nitrogens with zero attached hydrogens (tertiary/aromatic N) is 1. The quantitative estimate of drug-likeness (QED) is 0.535. The first-order valence-corrected chi connectivity index (χ1v) is 10.4. The van der Waals surface area contributed by atoms with Gasteiger partial charge in [-0.25, -0.2) is 4.79 Å². The number of benzene rings is 3. The summed E-state index contributed by atoms with van der Waals surface area (Å²) in [5.74, 6) is 0.0388. The molecule has 1 aliphatic rings. The van der Waals surface area contributed by atoms with Crippen LogP contribution in [0.1, 0.15) is 27.9 Å². The average molecular weight is 415 g/mol. The number of methoxy groups -OCH3 is 1. The molecule has 5 heteroatoms. The number of hydrogen-bond acceptors (Lipinski definition) is 4. The molecule has 1 amide bonds. The van der Waals surface area contributed by atoms with Gasteiger partial charge in [-0.2, -0.15) is 0 Å². The third kappa shape index (κ3) is 4.77. The Morgan fingerprint density at radius 3 is 2.32 bits per heavy atom. The first kappa shape index (κ1) is 20.7. The fraction of sp³-hybridized carbons (Fsp3) is 0.231. The van der Waals surface area contributed by atoms with Crippen LogP contribution in [0, 0.1) is 0 Å². The van der Waals surface area contributed by atoms with Gasteiger partial charge < -0.3 is 14.4 Å². The molecule has 0 N–H and O–H groups in total. The molecule has 0 fully saturated rings. The van der Waals surface area contributed by atoms with Gasteiger partial charge in [0.05, 0.1) is 18.4 Å². The maximum atomic E-state index is 13.3. The van der Waals surface area contributed by atoms with Crippen LogP contribution < -0.4 is 9.64 Å². The lowest BCUT2D eigenvalue weighted by Gasteiger charge is -2.34. The van der Waals surface area contributed by atoms with Crippen molar-refractivity contribution in [3.8, 4) is 5.75 Å². The summed E-state index contributed by atoms with van der Waals surface area (Å²) in [7, 11) is 1.35. The summed E-state index contributed by atoms with van der Waals surface area (Å²) >= 11 is 0. The van der Waals surface area contributed by atoms with Crippen molar-refractivity contribution in [2.24, 2.45) is 0 Å². The average Bonchev–Trinajstić information content (AvgIpc) is 2.81. The lowest BCUT2D eigenvalue weighted by molar-refractivity contribution is -0.126. The van der Waals surface area contributed by atoms with Crippen molar-refractivity contribution in [3.05, 3.63) is 95.6 Å². The van der Waals surface area contributed by atoms with Crippen LogP contribution in [0.3, 0.4) is 0 Å². The SMILES string of the molecule is COC(=O)c1ccc2c(c1)OC(Cc1ccccc1)C(=O)N2CCCc1ccccc1. The minimum absolute atomic E-state index is 0.0600. The highest BCUT2D eigenvalue weighted by atomic mass is 16.5. The number of esters is 1. The van der Waals surface area contributed by atoms with E-state index in [1.54, 1.807) is 23.1 Å². The maximum absolute atomic E-state index is 13.3. The third-order valence-electron chi connectivity index (χ3n) is 5.44. The van der Waals surface area contributed by atoms with Gasteiger partial charge in [-0.05, 0) is 42.2 Å². The number of aryl methyl sites for hydroxylation is 1. The predicted octanol–water partition coefficient (Wildman–Crippen LogP) is 4.44. The van der Waals surface area contributed by atoms with Crippen LogP contribution in [0.2, 0.25) is 0 Å². The van der Waals surface area contributed by atoms with E-state index in [9.17, 15) is 9.59 Å². The summed E-state index contributed by atoms with van der Waals surface area (Å²) < 4.78 is 10.9. The number of rotatable bonds is 7. The first-order valence-electron chi connectivity index (χ1n) is 10.4. The van der Waals surface area contributed by atoms with Crippen LogP contribution in [0.4, 0.5) is 5.69 Å². The van der Waals surface area contributed by atoms with Gasteiger partial charge >= 0.3 is 5.97 Å². The monoisotopic (exact) mass is 415 g/mol. The van der Waals surface area contributed by atoms with Crippen LogP contribution >= 0.6 is 0 Å². The van der Waals surface area contributed by atoms with E-state index >= 15 is 0 Å². The molecular formula is C26H25NO4. The van der Waals surface area contributed by atoms with E-state index in [1.807, 2.05) is 48.5 Å². The first-order chi connectivity index (χ1) is 15.2. The molecule has 0 aromatic heterocycles. The van der Waals surface area contributed by atoms with Gasteiger partial charge in [-0.3, -0.25) is 4.79 Å². The van der Waals surface area contributed by atoms with Gasteiger partial charge in [0.1, 0.15) is 5.75 Å². The zero-order valence-corrected chi connectivity index (χ0v) is 17.5. The fourth-order valence-corrected chi connectivity index (χ4v) is 3.85. The van der Waals surface area contributed by atoms with Gasteiger partial charge in [0.15, 0.2) is 6.10 Å². The number of amides is 1. The molecule has 0 aliphatic carbocycles. The van der Waals surface area contributed by atoms with Crippen LogP contribution in [-0.2, 0) is 22.4 Å². The molecule has 3 aromatic carbocycles. The Morgan fingerprint density at radius 2 is 1.65 bits per heavy atom. The number of anilines is 1. The largest absolute Gasteiger partial charge is 0.478 e. The Balaban J connectivity index is 1.58. The number of carbonyl (C=O) groups is 2. The lowest BCUT2D eigenvalue weighted by atomic mass is 10.0. The molecule has 3 aromatic rings. The summed E-state index contributed by atoms with van der Waals surface area (Å²) in [6.45, 7) is 0.576. The van der Waals surface area contributed by atoms with E-state index < -0.39 is 12.1 Å². The zero-order chi connectivity index (χ0) is 21.6. The van der Waals surface area contributed by atoms with E-state index in [-0.39, 0.29) is 5.91 Å². The molecule has 0 saturated carbocycles. The summed E-state index contributed by atoms with van der Waals surface area (Å²) in [6, 6.07) is 25.1. The van der Waals surface area contributed by atoms with Crippen molar-refractivity contribution in [1.82, 2.24) is 0 Å². The van der Waals surface area contributed by atoms with E-state index in [1.165, 1.54) is 12.7 Å². The van der Waals surface area contributed by atoms with Gasteiger partial charge in [0, 0.05) is 13.0 Å². The number of ether oxygens (including phenoxy) is 2. The lowest BCUT2D eigenvalue weighted by Crippen LogP contribution is -2.47. The summed E-state index contributed by atoms with van der Waals surface area (Å²) in [5.41, 5.74) is 3.36. The number of carbonyl (C=O) groups excluding carboxylic acids is 2. The minimum Gasteiger partial charge on any atom is -0.478 e. The molecule has 0 saturated heterocycles. The predicted molar refractivity (Wildman–Crippen MR) is 119 cm³/mol. The van der Waals surface area contributed by atoms with E-state index in [4.69, 9.17) is 9.47 Å². The molecule has 0 radical (unpaired) electrons. The number of fused-ring (bicyclic) bond motifs is 1. The number of hydrogen-bond donors (Lipinski definition) is 0. The Hall–Kier alpha value is -3.60. The molecule has 1 unspecified atom stereocenters. The Bertz CT molecular complexity index is 1050. The molecule has 158 valence electrons. The summed E-state index contributed by atoms with van der Waals surface area (Å²) in [4.78, 5) is 27.1. The second-order valence-electron chi connectivity index (χ2n) is 7.55.